The average molecular weight is 498 g/mol. The third-order valence-electron chi connectivity index (χ3n) is 3.39. The molecule has 0 unspecified atom stereocenters. The molecule has 0 spiro atoms. The van der Waals surface area contributed by atoms with Crippen molar-refractivity contribution < 1.29 is 34.4 Å². The van der Waals surface area contributed by atoms with Gasteiger partial charge in [-0.2, -0.15) is 31.8 Å². The van der Waals surface area contributed by atoms with Crippen LogP contribution in [0.5, 0.6) is 0 Å². The number of nitrogens with one attached hydrogen (secondary N) is 4. The molecule has 15 nitrogen and oxygen atoms in total. The van der Waals surface area contributed by atoms with Gasteiger partial charge < -0.3 is 16.0 Å². The number of aromatic nitrogens is 3. The molecule has 0 aliphatic carbocycles. The molecule has 6 N–H and O–H groups in total. The Morgan fingerprint density at radius 3 is 2.06 bits per heavy atom. The standard InChI is InChI=1S/C13H19N7O8S3/c1-2-14-11-18-12(15-5-6-16-29(21)22)20-13(19-11)17-9-7-8(30(23,24)25)3-4-10(9)31(26,27)28/h3-4,7,29H,2,5-6H2,1H3,(H,16,21,22)(H,23,24,25)(H,26,27,28)(H3,14,15,17,18,19,20). The maximum Gasteiger partial charge on any atom is 0.296 e. The van der Waals surface area contributed by atoms with Crippen LogP contribution in [0.15, 0.2) is 28.0 Å². The fraction of sp³-hybridized carbons (Fsp3) is 0.308. The quantitative estimate of drug-likeness (QED) is 0.113. The van der Waals surface area contributed by atoms with Gasteiger partial charge in [-0.25, -0.2) is 13.1 Å². The molecule has 0 radical (unpaired) electrons. The van der Waals surface area contributed by atoms with Crippen LogP contribution in [0.4, 0.5) is 23.5 Å². The lowest BCUT2D eigenvalue weighted by atomic mass is 10.3. The zero-order valence-corrected chi connectivity index (χ0v) is 18.3. The second kappa shape index (κ2) is 10.1. The highest BCUT2D eigenvalue weighted by Gasteiger charge is 2.21. The zero-order chi connectivity index (χ0) is 23.2. The van der Waals surface area contributed by atoms with E-state index in [-0.39, 0.29) is 30.9 Å². The molecular formula is C13H19N7O8S3. The number of hydrogen-bond acceptors (Lipinski definition) is 12. The lowest BCUT2D eigenvalue weighted by Crippen LogP contribution is -2.22. The van der Waals surface area contributed by atoms with Crippen molar-refractivity contribution in [1.29, 1.82) is 0 Å². The Labute approximate surface area is 179 Å². The number of benzene rings is 1. The molecule has 0 saturated carbocycles. The fourth-order valence-corrected chi connectivity index (χ4v) is 3.61. The second-order valence-electron chi connectivity index (χ2n) is 5.66. The lowest BCUT2D eigenvalue weighted by molar-refractivity contribution is 0.479. The summed E-state index contributed by atoms with van der Waals surface area (Å²) in [6.07, 6.45) is 0. The molecule has 0 atom stereocenters. The van der Waals surface area contributed by atoms with Gasteiger partial charge in [-0.3, -0.25) is 9.11 Å². The van der Waals surface area contributed by atoms with Gasteiger partial charge in [0, 0.05) is 19.6 Å². The second-order valence-corrected chi connectivity index (χ2v) is 9.30. The van der Waals surface area contributed by atoms with Crippen molar-refractivity contribution in [2.45, 2.75) is 16.7 Å². The van der Waals surface area contributed by atoms with Crippen molar-refractivity contribution in [3.05, 3.63) is 18.2 Å². The first-order valence-corrected chi connectivity index (χ1v) is 12.4. The zero-order valence-electron chi connectivity index (χ0n) is 15.8. The smallest absolute Gasteiger partial charge is 0.296 e. The monoisotopic (exact) mass is 497 g/mol. The number of rotatable bonds is 11. The lowest BCUT2D eigenvalue weighted by Gasteiger charge is -2.13. The first-order chi connectivity index (χ1) is 14.4. The van der Waals surface area contributed by atoms with Crippen LogP contribution in [-0.2, 0) is 31.1 Å². The highest BCUT2D eigenvalue weighted by atomic mass is 32.2. The molecule has 0 saturated heterocycles. The van der Waals surface area contributed by atoms with Gasteiger partial charge in [-0.15, -0.1) is 0 Å². The van der Waals surface area contributed by atoms with Gasteiger partial charge in [0.25, 0.3) is 20.2 Å². The van der Waals surface area contributed by atoms with Crippen LogP contribution in [0, 0.1) is 0 Å². The first-order valence-electron chi connectivity index (χ1n) is 8.38. The molecule has 0 aliphatic heterocycles. The molecular weight excluding hydrogens is 478 g/mol. The van der Waals surface area contributed by atoms with E-state index in [0.717, 1.165) is 18.2 Å². The minimum absolute atomic E-state index is 0.0179. The summed E-state index contributed by atoms with van der Waals surface area (Å²) in [6.45, 7) is 2.31. The average Bonchev–Trinajstić information content (AvgIpc) is 2.63. The van der Waals surface area contributed by atoms with Gasteiger partial charge in [0.1, 0.15) is 4.90 Å². The van der Waals surface area contributed by atoms with E-state index in [0.29, 0.717) is 6.54 Å². The van der Waals surface area contributed by atoms with Crippen molar-refractivity contribution in [2.24, 2.45) is 0 Å². The number of anilines is 4. The molecule has 0 bridgehead atoms. The molecule has 18 heteroatoms. The number of thiol groups is 1. The van der Waals surface area contributed by atoms with Gasteiger partial charge in [0.15, 0.2) is 0 Å². The van der Waals surface area contributed by atoms with Crippen molar-refractivity contribution in [3.63, 3.8) is 0 Å². The topological polar surface area (TPSA) is 230 Å². The van der Waals surface area contributed by atoms with Crippen LogP contribution < -0.4 is 20.7 Å². The predicted octanol–water partition coefficient (Wildman–Crippen LogP) is -0.932. The molecule has 2 aromatic rings. The first kappa shape index (κ1) is 24.6. The van der Waals surface area contributed by atoms with Crippen molar-refractivity contribution >= 4 is 54.7 Å². The van der Waals surface area contributed by atoms with Crippen molar-refractivity contribution in [3.8, 4) is 0 Å². The summed E-state index contributed by atoms with van der Waals surface area (Å²) < 4.78 is 87.9. The minimum atomic E-state index is -4.78. The maximum atomic E-state index is 11.6. The Morgan fingerprint density at radius 1 is 0.903 bits per heavy atom. The van der Waals surface area contributed by atoms with Gasteiger partial charge in [0.2, 0.25) is 28.7 Å². The van der Waals surface area contributed by atoms with Crippen LogP contribution in [0.1, 0.15) is 6.92 Å². The third kappa shape index (κ3) is 7.52. The van der Waals surface area contributed by atoms with Crippen molar-refractivity contribution in [1.82, 2.24) is 19.7 Å². The number of hydrogen-bond donors (Lipinski definition) is 7. The maximum absolute atomic E-state index is 11.6. The minimum Gasteiger partial charge on any atom is -0.354 e. The van der Waals surface area contributed by atoms with E-state index in [1.165, 1.54) is 0 Å². The summed E-state index contributed by atoms with van der Waals surface area (Å²) in [6, 6.07) is 2.35. The highest BCUT2D eigenvalue weighted by Crippen LogP contribution is 2.27. The Kier molecular flexibility index (Phi) is 8.03. The van der Waals surface area contributed by atoms with Crippen LogP contribution in [-0.4, -0.2) is 68.9 Å². The normalized spacial score (nSPS) is 12.0. The third-order valence-corrected chi connectivity index (χ3v) is 5.64. The fourth-order valence-electron chi connectivity index (χ4n) is 2.18. The van der Waals surface area contributed by atoms with Crippen molar-refractivity contribution in [2.75, 3.05) is 35.6 Å². The summed E-state index contributed by atoms with van der Waals surface area (Å²) in [5.74, 6) is -0.200. The largest absolute Gasteiger partial charge is 0.354 e. The van der Waals surface area contributed by atoms with Gasteiger partial charge >= 0.3 is 0 Å². The van der Waals surface area contributed by atoms with E-state index in [1.807, 2.05) is 0 Å². The van der Waals surface area contributed by atoms with Gasteiger partial charge in [-0.1, -0.05) is 0 Å². The molecule has 1 aromatic heterocycles. The van der Waals surface area contributed by atoms with Crippen LogP contribution in [0.3, 0.4) is 0 Å². The summed E-state index contributed by atoms with van der Waals surface area (Å²) in [7, 11) is -12.2. The molecule has 1 aromatic carbocycles. The SMILES string of the molecule is CCNc1nc(NCCN[SH](=O)=O)nc(Nc2cc(S(=O)(=O)O)ccc2S(=O)(=O)O)n1. The number of nitrogens with zero attached hydrogens (tertiary/aromatic N) is 3. The summed E-state index contributed by atoms with van der Waals surface area (Å²) in [4.78, 5) is 10.7. The van der Waals surface area contributed by atoms with Crippen LogP contribution in [0.25, 0.3) is 0 Å². The Balaban J connectivity index is 2.43. The summed E-state index contributed by atoms with van der Waals surface area (Å²) in [5.41, 5.74) is -0.428. The summed E-state index contributed by atoms with van der Waals surface area (Å²) >= 11 is 0. The predicted molar refractivity (Wildman–Crippen MR) is 110 cm³/mol. The highest BCUT2D eigenvalue weighted by molar-refractivity contribution is 7.86. The molecule has 0 amide bonds. The molecule has 0 aliphatic rings. The van der Waals surface area contributed by atoms with E-state index in [9.17, 15) is 34.4 Å². The molecule has 172 valence electrons. The van der Waals surface area contributed by atoms with Crippen LogP contribution >= 0.6 is 0 Å². The molecule has 2 rings (SSSR count). The van der Waals surface area contributed by atoms with Gasteiger partial charge in [-0.05, 0) is 25.1 Å². The molecule has 0 fully saturated rings. The van der Waals surface area contributed by atoms with E-state index in [4.69, 9.17) is 0 Å². The molecule has 1 heterocycles. The van der Waals surface area contributed by atoms with E-state index in [2.05, 4.69) is 35.6 Å². The van der Waals surface area contributed by atoms with Gasteiger partial charge in [0.05, 0.1) is 10.6 Å². The van der Waals surface area contributed by atoms with E-state index < -0.39 is 46.6 Å². The Morgan fingerprint density at radius 2 is 1.52 bits per heavy atom. The van der Waals surface area contributed by atoms with Crippen LogP contribution in [0.2, 0.25) is 0 Å². The summed E-state index contributed by atoms with van der Waals surface area (Å²) in [5, 5.41) is 8.00. The Hall–Kier alpha value is -2.64. The van der Waals surface area contributed by atoms with E-state index >= 15 is 0 Å². The Bertz CT molecular complexity index is 1220. The van der Waals surface area contributed by atoms with E-state index in [1.54, 1.807) is 6.92 Å². The molecule has 31 heavy (non-hydrogen) atoms.